The van der Waals surface area contributed by atoms with Gasteiger partial charge in [0.2, 0.25) is 11.8 Å². The summed E-state index contributed by atoms with van der Waals surface area (Å²) in [6.45, 7) is 5.16. The third kappa shape index (κ3) is 5.65. The molecule has 1 saturated carbocycles. The number of carbonyl (C=O) groups is 3. The van der Waals surface area contributed by atoms with Crippen LogP contribution < -0.4 is 21.0 Å². The molecule has 1 fully saturated rings. The molecule has 0 radical (unpaired) electrons. The molecule has 3 N–H and O–H groups in total. The van der Waals surface area contributed by atoms with Crippen LogP contribution in [0, 0.1) is 6.92 Å². The van der Waals surface area contributed by atoms with Crippen LogP contribution in [0.4, 0.5) is 0 Å². The summed E-state index contributed by atoms with van der Waals surface area (Å²) in [4.78, 5) is 49.4. The normalized spacial score (nSPS) is 17.9. The largest absolute Gasteiger partial charge is 0.487 e. The maximum Gasteiger partial charge on any atom is 0.340 e. The van der Waals surface area contributed by atoms with E-state index >= 15 is 0 Å². The van der Waals surface area contributed by atoms with Gasteiger partial charge in [0.05, 0.1) is 12.0 Å². The molecule has 2 amide bonds. The minimum absolute atomic E-state index is 0.115. The summed E-state index contributed by atoms with van der Waals surface area (Å²) in [5.41, 5.74) is 1.69. The van der Waals surface area contributed by atoms with E-state index in [1.54, 1.807) is 20.8 Å². The van der Waals surface area contributed by atoms with Gasteiger partial charge in [0.15, 0.2) is 0 Å². The van der Waals surface area contributed by atoms with E-state index in [1.807, 2.05) is 12.1 Å². The van der Waals surface area contributed by atoms with Gasteiger partial charge in [-0.1, -0.05) is 20.3 Å². The molecule has 1 aromatic heterocycles. The Kier molecular flexibility index (Phi) is 7.90. The fraction of sp³-hybridized carbons (Fsp3) is 0.571. The van der Waals surface area contributed by atoms with Crippen molar-refractivity contribution in [1.29, 1.82) is 0 Å². The predicted molar refractivity (Wildman–Crippen MR) is 138 cm³/mol. The minimum Gasteiger partial charge on any atom is -0.487 e. The van der Waals surface area contributed by atoms with Crippen molar-refractivity contribution in [3.8, 4) is 5.75 Å². The van der Waals surface area contributed by atoms with E-state index in [0.717, 1.165) is 42.4 Å². The van der Waals surface area contributed by atoms with Gasteiger partial charge in [0.25, 0.3) is 0 Å². The highest BCUT2D eigenvalue weighted by Crippen LogP contribution is 2.43. The zero-order chi connectivity index (χ0) is 26.7. The number of fused-ring (bicyclic) bond motifs is 2. The fourth-order valence-electron chi connectivity index (χ4n) is 5.52. The summed E-state index contributed by atoms with van der Waals surface area (Å²) in [6.07, 6.45) is 7.78. The van der Waals surface area contributed by atoms with E-state index in [4.69, 9.17) is 9.15 Å². The molecule has 1 aromatic carbocycles. The summed E-state index contributed by atoms with van der Waals surface area (Å²) in [5.74, 6) is -1.45. The maximum absolute atomic E-state index is 12.9. The van der Waals surface area contributed by atoms with Gasteiger partial charge in [-0.2, -0.15) is 0 Å². The summed E-state index contributed by atoms with van der Waals surface area (Å²) in [5, 5.41) is 15.0. The van der Waals surface area contributed by atoms with Gasteiger partial charge in [0, 0.05) is 11.5 Å². The van der Waals surface area contributed by atoms with Crippen LogP contribution in [0.5, 0.6) is 5.75 Å². The van der Waals surface area contributed by atoms with Crippen LogP contribution in [0.3, 0.4) is 0 Å². The summed E-state index contributed by atoms with van der Waals surface area (Å²) in [7, 11) is 0. The Hall–Kier alpha value is -3.36. The molecule has 1 spiro atoms. The zero-order valence-electron chi connectivity index (χ0n) is 21.8. The topological polar surface area (TPSA) is 135 Å². The second kappa shape index (κ2) is 10.9. The lowest BCUT2D eigenvalue weighted by molar-refractivity contribution is -0.142. The van der Waals surface area contributed by atoms with E-state index in [-0.39, 0.29) is 30.4 Å². The number of aliphatic carboxylic acids is 1. The molecule has 2 heterocycles. The molecule has 1 aliphatic carbocycles. The molecular weight excluding hydrogens is 476 g/mol. The minimum atomic E-state index is -1.14. The Labute approximate surface area is 215 Å². The number of carboxylic acids is 1. The molecule has 2 unspecified atom stereocenters. The summed E-state index contributed by atoms with van der Waals surface area (Å²) < 4.78 is 12.1. The smallest absolute Gasteiger partial charge is 0.340 e. The lowest BCUT2D eigenvalue weighted by Gasteiger charge is -2.41. The first kappa shape index (κ1) is 26.7. The molecule has 4 rings (SSSR count). The second-order valence-electron chi connectivity index (χ2n) is 10.3. The van der Waals surface area contributed by atoms with Crippen molar-refractivity contribution in [2.24, 2.45) is 0 Å². The van der Waals surface area contributed by atoms with Crippen molar-refractivity contribution in [2.75, 3.05) is 0 Å². The van der Waals surface area contributed by atoms with Gasteiger partial charge < -0.3 is 24.9 Å². The summed E-state index contributed by atoms with van der Waals surface area (Å²) >= 11 is 0. The number of nitrogens with one attached hydrogen (secondary N) is 2. The maximum atomic E-state index is 12.9. The third-order valence-electron chi connectivity index (χ3n) is 7.83. The van der Waals surface area contributed by atoms with E-state index in [9.17, 15) is 24.3 Å². The van der Waals surface area contributed by atoms with Crippen molar-refractivity contribution >= 4 is 28.8 Å². The van der Waals surface area contributed by atoms with Gasteiger partial charge in [-0.05, 0) is 75.5 Å². The van der Waals surface area contributed by atoms with Gasteiger partial charge in [-0.3, -0.25) is 9.59 Å². The molecule has 9 nitrogen and oxygen atoms in total. The molecule has 2 aromatic rings. The first-order chi connectivity index (χ1) is 17.7. The average Bonchev–Trinajstić information content (AvgIpc) is 2.87. The van der Waals surface area contributed by atoms with Crippen molar-refractivity contribution in [3.05, 3.63) is 39.2 Å². The van der Waals surface area contributed by atoms with Crippen LogP contribution >= 0.6 is 0 Å². The standard InChI is InChI=1S/C28H36N2O7/c1-4-20(25(32)30-21(5-2)26(33)34)29-24(31)14-19-16(3)18-13-17-9-12-28(10-7-6-8-11-28)37-22(17)15-23(18)36-27(19)35/h13,15,20-21H,4-12,14H2,1-3H3,(H,29,31)(H,30,32)(H,33,34). The summed E-state index contributed by atoms with van der Waals surface area (Å²) in [6, 6.07) is 1.86. The van der Waals surface area contributed by atoms with E-state index in [0.29, 0.717) is 11.1 Å². The van der Waals surface area contributed by atoms with Gasteiger partial charge in [0.1, 0.15) is 29.0 Å². The van der Waals surface area contributed by atoms with Crippen LogP contribution in [0.15, 0.2) is 21.3 Å². The Morgan fingerprint density at radius 2 is 1.73 bits per heavy atom. The van der Waals surface area contributed by atoms with Gasteiger partial charge >= 0.3 is 11.6 Å². The van der Waals surface area contributed by atoms with Crippen molar-refractivity contribution in [2.45, 2.75) is 103 Å². The molecule has 0 saturated heterocycles. The highest BCUT2D eigenvalue weighted by Gasteiger charge is 2.37. The molecular formula is C28H36N2O7. The van der Waals surface area contributed by atoms with Crippen LogP contribution in [-0.4, -0.2) is 40.6 Å². The number of amides is 2. The van der Waals surface area contributed by atoms with Crippen molar-refractivity contribution in [1.82, 2.24) is 10.6 Å². The molecule has 2 atom stereocenters. The van der Waals surface area contributed by atoms with Crippen molar-refractivity contribution < 1.29 is 28.6 Å². The Balaban J connectivity index is 1.52. The number of benzene rings is 1. The van der Waals surface area contributed by atoms with Gasteiger partial charge in [-0.15, -0.1) is 0 Å². The average molecular weight is 513 g/mol. The molecule has 200 valence electrons. The number of hydrogen-bond acceptors (Lipinski definition) is 6. The zero-order valence-corrected chi connectivity index (χ0v) is 21.8. The van der Waals surface area contributed by atoms with E-state index in [2.05, 4.69) is 10.6 Å². The van der Waals surface area contributed by atoms with Crippen LogP contribution in [0.2, 0.25) is 0 Å². The van der Waals surface area contributed by atoms with E-state index in [1.165, 1.54) is 19.3 Å². The number of aryl methyl sites for hydroxylation is 2. The highest BCUT2D eigenvalue weighted by atomic mass is 16.5. The third-order valence-corrected chi connectivity index (χ3v) is 7.83. The number of carbonyl (C=O) groups excluding carboxylic acids is 2. The molecule has 0 bridgehead atoms. The Morgan fingerprint density at radius 3 is 2.38 bits per heavy atom. The molecule has 9 heteroatoms. The van der Waals surface area contributed by atoms with Crippen molar-refractivity contribution in [3.63, 3.8) is 0 Å². The van der Waals surface area contributed by atoms with E-state index < -0.39 is 35.5 Å². The molecule has 37 heavy (non-hydrogen) atoms. The highest BCUT2D eigenvalue weighted by molar-refractivity contribution is 5.91. The Bertz CT molecular complexity index is 1260. The lowest BCUT2D eigenvalue weighted by Crippen LogP contribution is -2.51. The van der Waals surface area contributed by atoms with Crippen LogP contribution in [-0.2, 0) is 27.2 Å². The number of rotatable bonds is 8. The monoisotopic (exact) mass is 512 g/mol. The fourth-order valence-corrected chi connectivity index (χ4v) is 5.52. The molecule has 1 aliphatic heterocycles. The van der Waals surface area contributed by atoms with Gasteiger partial charge in [-0.25, -0.2) is 9.59 Å². The predicted octanol–water partition coefficient (Wildman–Crippen LogP) is 3.55. The first-order valence-electron chi connectivity index (χ1n) is 13.3. The number of carboxylic acid groups (broad SMARTS) is 1. The van der Waals surface area contributed by atoms with Crippen LogP contribution in [0.25, 0.3) is 11.0 Å². The lowest BCUT2D eigenvalue weighted by atomic mass is 9.79. The first-order valence-corrected chi connectivity index (χ1v) is 13.3. The SMILES string of the molecule is CCC(NC(=O)C(CC)NC(=O)Cc1c(C)c2cc3c(cc2oc1=O)OC1(CCCCC1)CC3)C(=O)O. The molecule has 2 aliphatic rings. The Morgan fingerprint density at radius 1 is 1.03 bits per heavy atom. The second-order valence-corrected chi connectivity index (χ2v) is 10.3. The number of hydrogen-bond donors (Lipinski definition) is 3. The number of ether oxygens (including phenoxy) is 1. The van der Waals surface area contributed by atoms with Crippen LogP contribution in [0.1, 0.15) is 81.9 Å². The quantitative estimate of drug-likeness (QED) is 0.460.